The second-order valence-electron chi connectivity index (χ2n) is 8.76. The van der Waals surface area contributed by atoms with E-state index in [1.807, 2.05) is 14.1 Å². The average Bonchev–Trinajstić information content (AvgIpc) is 2.70. The van der Waals surface area contributed by atoms with Crippen molar-refractivity contribution >= 4 is 0 Å². The van der Waals surface area contributed by atoms with Crippen molar-refractivity contribution in [2.75, 3.05) is 21.1 Å². The monoisotopic (exact) mass is 406 g/mol. The first-order chi connectivity index (χ1) is 13.8. The summed E-state index contributed by atoms with van der Waals surface area (Å²) in [4.78, 5) is 0. The molecule has 0 heterocycles. The average molecular weight is 407 g/mol. The normalized spacial score (nSPS) is 11.4. The number of hydrogen-bond donors (Lipinski definition) is 4. The van der Waals surface area contributed by atoms with Gasteiger partial charge < -0.3 is 21.3 Å². The molecule has 4 nitrogen and oxygen atoms in total. The van der Waals surface area contributed by atoms with Crippen molar-refractivity contribution in [3.63, 3.8) is 0 Å². The summed E-state index contributed by atoms with van der Waals surface area (Å²) in [6, 6.07) is 0.471. The summed E-state index contributed by atoms with van der Waals surface area (Å²) >= 11 is 0. The van der Waals surface area contributed by atoms with Crippen molar-refractivity contribution in [1.29, 1.82) is 0 Å². The summed E-state index contributed by atoms with van der Waals surface area (Å²) in [5.74, 6) is 0. The van der Waals surface area contributed by atoms with E-state index in [9.17, 15) is 0 Å². The summed E-state index contributed by atoms with van der Waals surface area (Å²) in [7, 11) is 6.07. The lowest BCUT2D eigenvalue weighted by Gasteiger charge is -2.34. The van der Waals surface area contributed by atoms with Crippen molar-refractivity contribution in [2.24, 2.45) is 0 Å². The van der Waals surface area contributed by atoms with Crippen LogP contribution >= 0.6 is 0 Å². The van der Waals surface area contributed by atoms with Crippen LogP contribution in [0.3, 0.4) is 0 Å². The van der Waals surface area contributed by atoms with Crippen molar-refractivity contribution in [1.82, 2.24) is 21.3 Å². The van der Waals surface area contributed by atoms with Gasteiger partial charge >= 0.3 is 0 Å². The van der Waals surface area contributed by atoms with Gasteiger partial charge in [-0.2, -0.15) is 0 Å². The Bertz CT molecular complexity index is 443. The van der Waals surface area contributed by atoms with E-state index < -0.39 is 0 Å². The molecule has 4 N–H and O–H groups in total. The van der Waals surface area contributed by atoms with Crippen LogP contribution in [-0.4, -0.2) is 32.7 Å². The minimum Gasteiger partial charge on any atom is -0.392 e. The maximum atomic E-state index is 4.16. The molecule has 4 heteroatoms. The van der Waals surface area contributed by atoms with Crippen LogP contribution in [0.25, 0.3) is 0 Å². The molecule has 0 spiro atoms. The third-order valence-electron chi connectivity index (χ3n) is 5.88. The molecule has 29 heavy (non-hydrogen) atoms. The molecule has 0 amide bonds. The Kier molecular flexibility index (Phi) is 15.6. The van der Waals surface area contributed by atoms with Gasteiger partial charge in [0.25, 0.3) is 0 Å². The van der Waals surface area contributed by atoms with Gasteiger partial charge in [0.2, 0.25) is 0 Å². The summed E-state index contributed by atoms with van der Waals surface area (Å²) < 4.78 is 0. The molecule has 170 valence electrons. The SMILES string of the molecule is C=C(CCCCC(CCCCC(=C)NC)(CCCCC(=C)NC(C)C)NC)NC. The van der Waals surface area contributed by atoms with Crippen molar-refractivity contribution in [2.45, 2.75) is 102 Å². The van der Waals surface area contributed by atoms with E-state index in [1.165, 1.54) is 63.5 Å². The summed E-state index contributed by atoms with van der Waals surface area (Å²) in [6.07, 6.45) is 14.2. The Morgan fingerprint density at radius 1 is 0.655 bits per heavy atom. The summed E-state index contributed by atoms with van der Waals surface area (Å²) in [5.41, 5.74) is 3.70. The molecule has 0 aliphatic carbocycles. The predicted octanol–water partition coefficient (Wildman–Crippen LogP) is 5.60. The molecule has 0 rings (SSSR count). The van der Waals surface area contributed by atoms with Gasteiger partial charge in [-0.1, -0.05) is 39.0 Å². The van der Waals surface area contributed by atoms with Gasteiger partial charge in [-0.15, -0.1) is 0 Å². The van der Waals surface area contributed by atoms with Gasteiger partial charge in [-0.3, -0.25) is 0 Å². The lowest BCUT2D eigenvalue weighted by atomic mass is 9.82. The Hall–Kier alpha value is -1.42. The molecular weight excluding hydrogens is 356 g/mol. The van der Waals surface area contributed by atoms with Gasteiger partial charge in [0.1, 0.15) is 0 Å². The van der Waals surface area contributed by atoms with Crippen LogP contribution in [0, 0.1) is 0 Å². The van der Waals surface area contributed by atoms with Gasteiger partial charge in [0, 0.05) is 42.8 Å². The fourth-order valence-corrected chi connectivity index (χ4v) is 3.89. The lowest BCUT2D eigenvalue weighted by molar-refractivity contribution is 0.255. The number of unbranched alkanes of at least 4 members (excludes halogenated alkanes) is 3. The van der Waals surface area contributed by atoms with Gasteiger partial charge in [0.15, 0.2) is 0 Å². The van der Waals surface area contributed by atoms with Gasteiger partial charge in [0.05, 0.1) is 0 Å². The maximum absolute atomic E-state index is 4.16. The molecule has 0 fully saturated rings. The quantitative estimate of drug-likeness (QED) is 0.199. The highest BCUT2D eigenvalue weighted by atomic mass is 14.9. The maximum Gasteiger partial charge on any atom is 0.0201 e. The largest absolute Gasteiger partial charge is 0.392 e. The fraction of sp³-hybridized carbons (Fsp3) is 0.760. The van der Waals surface area contributed by atoms with Crippen LogP contribution in [0.1, 0.15) is 90.9 Å². The van der Waals surface area contributed by atoms with Crippen LogP contribution in [0.5, 0.6) is 0 Å². The van der Waals surface area contributed by atoms with Crippen molar-refractivity contribution in [3.05, 3.63) is 36.8 Å². The first kappa shape index (κ1) is 27.6. The zero-order chi connectivity index (χ0) is 22.1. The molecule has 0 aliphatic heterocycles. The van der Waals surface area contributed by atoms with Crippen LogP contribution < -0.4 is 21.3 Å². The number of hydrogen-bond acceptors (Lipinski definition) is 4. The standard InChI is InChI=1S/C25H50N4/c1-21(2)29-24(5)17-11-14-20-25(28-8,18-12-9-15-22(3)26-6)19-13-10-16-23(4)27-7/h21,26-29H,3-5,9-20H2,1-2,6-8H3. The van der Waals surface area contributed by atoms with E-state index in [2.05, 4.69) is 61.9 Å². The Labute approximate surface area is 182 Å². The fourth-order valence-electron chi connectivity index (χ4n) is 3.89. The van der Waals surface area contributed by atoms with Crippen molar-refractivity contribution < 1.29 is 0 Å². The second-order valence-corrected chi connectivity index (χ2v) is 8.76. The topological polar surface area (TPSA) is 48.1 Å². The van der Waals surface area contributed by atoms with E-state index in [0.717, 1.165) is 30.7 Å². The molecular formula is C25H50N4. The summed E-state index contributed by atoms with van der Waals surface area (Å²) in [5, 5.41) is 13.5. The lowest BCUT2D eigenvalue weighted by Crippen LogP contribution is -2.43. The Balaban J connectivity index is 4.57. The van der Waals surface area contributed by atoms with Gasteiger partial charge in [-0.05, 0) is 78.7 Å². The third-order valence-corrected chi connectivity index (χ3v) is 5.88. The minimum atomic E-state index is 0.245. The molecule has 0 atom stereocenters. The zero-order valence-electron chi connectivity index (χ0n) is 20.2. The highest BCUT2D eigenvalue weighted by molar-refractivity contribution is 4.94. The molecule has 0 bridgehead atoms. The first-order valence-electron chi connectivity index (χ1n) is 11.6. The van der Waals surface area contributed by atoms with Gasteiger partial charge in [-0.25, -0.2) is 0 Å². The molecule has 0 unspecified atom stereocenters. The molecule has 0 aromatic rings. The first-order valence-corrected chi connectivity index (χ1v) is 11.6. The molecule has 0 aromatic carbocycles. The second kappa shape index (κ2) is 16.4. The smallest absolute Gasteiger partial charge is 0.0201 e. The van der Waals surface area contributed by atoms with E-state index in [-0.39, 0.29) is 5.54 Å². The highest BCUT2D eigenvalue weighted by Crippen LogP contribution is 2.29. The predicted molar refractivity (Wildman–Crippen MR) is 131 cm³/mol. The molecule has 0 radical (unpaired) electrons. The molecule has 0 aromatic heterocycles. The van der Waals surface area contributed by atoms with E-state index in [1.54, 1.807) is 0 Å². The molecule has 0 saturated heterocycles. The minimum absolute atomic E-state index is 0.245. The Morgan fingerprint density at radius 3 is 1.34 bits per heavy atom. The van der Waals surface area contributed by atoms with E-state index in [0.29, 0.717) is 6.04 Å². The molecule has 0 saturated carbocycles. The van der Waals surface area contributed by atoms with Crippen LogP contribution in [0.15, 0.2) is 36.8 Å². The van der Waals surface area contributed by atoms with Crippen LogP contribution in [-0.2, 0) is 0 Å². The third kappa shape index (κ3) is 14.2. The zero-order valence-corrected chi connectivity index (χ0v) is 20.2. The number of allylic oxidation sites excluding steroid dienone is 3. The number of nitrogens with one attached hydrogen (secondary N) is 4. The van der Waals surface area contributed by atoms with E-state index >= 15 is 0 Å². The molecule has 0 aliphatic rings. The van der Waals surface area contributed by atoms with Crippen LogP contribution in [0.4, 0.5) is 0 Å². The van der Waals surface area contributed by atoms with Crippen LogP contribution in [0.2, 0.25) is 0 Å². The Morgan fingerprint density at radius 2 is 1.03 bits per heavy atom. The van der Waals surface area contributed by atoms with Crippen molar-refractivity contribution in [3.8, 4) is 0 Å². The highest BCUT2D eigenvalue weighted by Gasteiger charge is 2.26. The van der Waals surface area contributed by atoms with E-state index in [4.69, 9.17) is 0 Å². The number of rotatable bonds is 20. The summed E-state index contributed by atoms with van der Waals surface area (Å²) in [6.45, 7) is 16.6.